The van der Waals surface area contributed by atoms with Crippen LogP contribution in [0, 0.1) is 0 Å². The molecule has 0 radical (unpaired) electrons. The molecule has 2 heterocycles. The Balaban J connectivity index is 2.01. The molecule has 0 saturated carbocycles. The van der Waals surface area contributed by atoms with Gasteiger partial charge in [-0.1, -0.05) is 18.7 Å². The van der Waals surface area contributed by atoms with Crippen LogP contribution in [0.1, 0.15) is 23.6 Å². The van der Waals surface area contributed by atoms with Gasteiger partial charge in [-0.05, 0) is 42.3 Å². The number of carbonyl (C=O) groups excluding carboxylic acids is 2. The molecule has 7 nitrogen and oxygen atoms in total. The van der Waals surface area contributed by atoms with Crippen LogP contribution in [-0.4, -0.2) is 53.5 Å². The maximum Gasteiger partial charge on any atom is 0.295 e. The lowest BCUT2D eigenvalue weighted by atomic mass is 9.96. The third-order valence-electron chi connectivity index (χ3n) is 4.78. The number of rotatable bonds is 9. The maximum absolute atomic E-state index is 12.9. The van der Waals surface area contributed by atoms with E-state index < -0.39 is 17.7 Å². The molecular weight excluding hydrogens is 384 g/mol. The number of amides is 1. The van der Waals surface area contributed by atoms with Gasteiger partial charge in [0.05, 0.1) is 11.6 Å². The van der Waals surface area contributed by atoms with Crippen LogP contribution in [0.25, 0.3) is 5.76 Å². The average molecular weight is 408 g/mol. The number of carbonyl (C=O) groups is 2. The molecule has 1 fully saturated rings. The van der Waals surface area contributed by atoms with Gasteiger partial charge in [-0.2, -0.15) is 0 Å². The van der Waals surface area contributed by atoms with E-state index in [1.807, 2.05) is 0 Å². The molecule has 156 valence electrons. The minimum absolute atomic E-state index is 0.0465. The topological polar surface area (TPSA) is 89.0 Å². The molecule has 0 unspecified atom stereocenters. The van der Waals surface area contributed by atoms with Crippen LogP contribution >= 0.6 is 0 Å². The zero-order valence-electron chi connectivity index (χ0n) is 16.8. The van der Waals surface area contributed by atoms with Crippen LogP contribution in [0.5, 0.6) is 5.75 Å². The van der Waals surface area contributed by atoms with Crippen LogP contribution < -0.4 is 4.74 Å². The van der Waals surface area contributed by atoms with Crippen LogP contribution in [0.4, 0.5) is 0 Å². The van der Waals surface area contributed by atoms with Crippen molar-refractivity contribution < 1.29 is 24.2 Å². The molecule has 7 heteroatoms. The quantitative estimate of drug-likeness (QED) is 0.225. The van der Waals surface area contributed by atoms with Crippen molar-refractivity contribution in [1.29, 1.82) is 0 Å². The Kier molecular flexibility index (Phi) is 6.98. The summed E-state index contributed by atoms with van der Waals surface area (Å²) in [4.78, 5) is 31.2. The first-order valence-corrected chi connectivity index (χ1v) is 9.60. The van der Waals surface area contributed by atoms with Gasteiger partial charge in [-0.15, -0.1) is 0 Å². The molecule has 0 bridgehead atoms. The molecular formula is C23H24N2O5. The van der Waals surface area contributed by atoms with Gasteiger partial charge in [-0.3, -0.25) is 14.6 Å². The largest absolute Gasteiger partial charge is 0.507 e. The van der Waals surface area contributed by atoms with Crippen molar-refractivity contribution >= 4 is 17.4 Å². The van der Waals surface area contributed by atoms with E-state index in [4.69, 9.17) is 9.47 Å². The number of aromatic nitrogens is 1. The Hall–Kier alpha value is -3.45. The lowest BCUT2D eigenvalue weighted by Crippen LogP contribution is -2.31. The predicted octanol–water partition coefficient (Wildman–Crippen LogP) is 3.10. The van der Waals surface area contributed by atoms with Crippen molar-refractivity contribution in [3.05, 3.63) is 78.1 Å². The molecule has 0 aliphatic carbocycles. The molecule has 2 aromatic rings. The third-order valence-corrected chi connectivity index (χ3v) is 4.78. The van der Waals surface area contributed by atoms with Gasteiger partial charge in [0.15, 0.2) is 0 Å². The Labute approximate surface area is 175 Å². The smallest absolute Gasteiger partial charge is 0.295 e. The average Bonchev–Trinajstić information content (AvgIpc) is 3.03. The second-order valence-electron chi connectivity index (χ2n) is 6.75. The highest BCUT2D eigenvalue weighted by molar-refractivity contribution is 6.46. The number of aliphatic hydroxyl groups is 1. The molecule has 30 heavy (non-hydrogen) atoms. The zero-order valence-corrected chi connectivity index (χ0v) is 16.8. The number of hydrogen-bond acceptors (Lipinski definition) is 6. The van der Waals surface area contributed by atoms with Crippen molar-refractivity contribution in [3.8, 4) is 5.75 Å². The zero-order chi connectivity index (χ0) is 21.5. The van der Waals surface area contributed by atoms with E-state index >= 15 is 0 Å². The summed E-state index contributed by atoms with van der Waals surface area (Å²) in [6, 6.07) is 9.47. The molecule has 1 amide bonds. The number of ketones is 1. The maximum atomic E-state index is 12.9. The third kappa shape index (κ3) is 4.41. The SMILES string of the molecule is C=CCOc1ccc(C(O)=C2C(=O)C(=O)N(CCCOC)[C@@H]2c2cccnc2)cc1. The second kappa shape index (κ2) is 9.84. The van der Waals surface area contributed by atoms with E-state index in [0.29, 0.717) is 43.1 Å². The highest BCUT2D eigenvalue weighted by Crippen LogP contribution is 2.39. The minimum atomic E-state index is -0.717. The molecule has 3 rings (SSSR count). The van der Waals surface area contributed by atoms with Gasteiger partial charge >= 0.3 is 0 Å². The number of methoxy groups -OCH3 is 1. The first kappa shape index (κ1) is 21.3. The Bertz CT molecular complexity index is 938. The summed E-state index contributed by atoms with van der Waals surface area (Å²) >= 11 is 0. The summed E-state index contributed by atoms with van der Waals surface area (Å²) in [6.45, 7) is 4.74. The lowest BCUT2D eigenvalue weighted by molar-refractivity contribution is -0.140. The van der Waals surface area contributed by atoms with Crippen LogP contribution in [0.15, 0.2) is 67.0 Å². The fraction of sp³-hybridized carbons (Fsp3) is 0.261. The fourth-order valence-corrected chi connectivity index (χ4v) is 3.39. The molecule has 1 N–H and O–H groups in total. The van der Waals surface area contributed by atoms with Gasteiger partial charge < -0.3 is 19.5 Å². The van der Waals surface area contributed by atoms with Crippen molar-refractivity contribution in [2.75, 3.05) is 26.9 Å². The van der Waals surface area contributed by atoms with E-state index in [9.17, 15) is 14.7 Å². The van der Waals surface area contributed by atoms with Gasteiger partial charge in [0.2, 0.25) is 0 Å². The number of ether oxygens (including phenoxy) is 2. The van der Waals surface area contributed by atoms with Crippen LogP contribution in [0.3, 0.4) is 0 Å². The van der Waals surface area contributed by atoms with Gasteiger partial charge in [-0.25, -0.2) is 0 Å². The highest BCUT2D eigenvalue weighted by atomic mass is 16.5. The molecule has 1 aromatic carbocycles. The minimum Gasteiger partial charge on any atom is -0.507 e. The second-order valence-corrected chi connectivity index (χ2v) is 6.75. The number of Topliss-reactive ketones (excluding diaryl/α,β-unsaturated/α-hetero) is 1. The van der Waals surface area contributed by atoms with E-state index in [0.717, 1.165) is 0 Å². The molecule has 0 spiro atoms. The predicted molar refractivity (Wildman–Crippen MR) is 112 cm³/mol. The van der Waals surface area contributed by atoms with Crippen molar-refractivity contribution in [2.45, 2.75) is 12.5 Å². The van der Waals surface area contributed by atoms with E-state index in [-0.39, 0.29) is 11.3 Å². The summed E-state index contributed by atoms with van der Waals surface area (Å²) in [5.74, 6) is -0.986. The normalized spacial score (nSPS) is 17.9. The fourth-order valence-electron chi connectivity index (χ4n) is 3.39. The summed E-state index contributed by atoms with van der Waals surface area (Å²) in [5.41, 5.74) is 1.12. The van der Waals surface area contributed by atoms with E-state index in [1.165, 1.54) is 4.90 Å². The van der Waals surface area contributed by atoms with Gasteiger partial charge in [0.1, 0.15) is 18.1 Å². The number of likely N-dealkylation sites (tertiary alicyclic amines) is 1. The van der Waals surface area contributed by atoms with Crippen molar-refractivity contribution in [1.82, 2.24) is 9.88 Å². The summed E-state index contributed by atoms with van der Waals surface area (Å²) < 4.78 is 10.5. The number of aliphatic hydroxyl groups excluding tert-OH is 1. The molecule has 1 atom stereocenters. The summed E-state index contributed by atoms with van der Waals surface area (Å²) in [5, 5.41) is 11.0. The van der Waals surface area contributed by atoms with Crippen molar-refractivity contribution in [2.24, 2.45) is 0 Å². The number of pyridine rings is 1. The number of hydrogen-bond donors (Lipinski definition) is 1. The monoisotopic (exact) mass is 408 g/mol. The first-order valence-electron chi connectivity index (χ1n) is 9.60. The van der Waals surface area contributed by atoms with Gasteiger partial charge in [0, 0.05) is 38.2 Å². The summed E-state index contributed by atoms with van der Waals surface area (Å²) in [7, 11) is 1.58. The Morgan fingerprint density at radius 1 is 1.27 bits per heavy atom. The number of benzene rings is 1. The standard InChI is InChI=1S/C23H24N2O5/c1-3-13-30-18-9-7-16(8-10-18)21(26)19-20(17-6-4-11-24-15-17)25(12-5-14-29-2)23(28)22(19)27/h3-4,6-11,15,20,26H,1,5,12-14H2,2H3/t20-/m1/s1. The number of nitrogens with zero attached hydrogens (tertiary/aromatic N) is 2. The van der Waals surface area contributed by atoms with Gasteiger partial charge in [0.25, 0.3) is 11.7 Å². The Morgan fingerprint density at radius 2 is 2.03 bits per heavy atom. The lowest BCUT2D eigenvalue weighted by Gasteiger charge is -2.25. The van der Waals surface area contributed by atoms with Crippen LogP contribution in [0.2, 0.25) is 0 Å². The first-order chi connectivity index (χ1) is 14.6. The summed E-state index contributed by atoms with van der Waals surface area (Å²) in [6.07, 6.45) is 5.41. The molecule has 1 aliphatic rings. The van der Waals surface area contributed by atoms with Crippen LogP contribution in [-0.2, 0) is 14.3 Å². The Morgan fingerprint density at radius 3 is 2.67 bits per heavy atom. The van der Waals surface area contributed by atoms with E-state index in [1.54, 1.807) is 62.0 Å². The molecule has 1 saturated heterocycles. The van der Waals surface area contributed by atoms with E-state index in [2.05, 4.69) is 11.6 Å². The van der Waals surface area contributed by atoms with Crippen molar-refractivity contribution in [3.63, 3.8) is 0 Å². The highest BCUT2D eigenvalue weighted by Gasteiger charge is 2.45. The molecule has 1 aliphatic heterocycles. The molecule has 1 aromatic heterocycles.